The Morgan fingerprint density at radius 1 is 1.17 bits per heavy atom. The molecule has 3 heteroatoms. The first kappa shape index (κ1) is 7.16. The highest BCUT2D eigenvalue weighted by Crippen LogP contribution is 2.29. The Morgan fingerprint density at radius 2 is 1.75 bits per heavy atom. The van der Waals surface area contributed by atoms with Crippen LogP contribution in [0.1, 0.15) is 0 Å². The van der Waals surface area contributed by atoms with Gasteiger partial charge in [-0.3, -0.25) is 0 Å². The van der Waals surface area contributed by atoms with Gasteiger partial charge >= 0.3 is 6.09 Å². The molecule has 3 aliphatic rings. The molecular formula is C9H9NO2. The summed E-state index contributed by atoms with van der Waals surface area (Å²) in [5, 5.41) is 2.46. The van der Waals surface area contributed by atoms with Crippen molar-refractivity contribution in [1.29, 1.82) is 0 Å². The smallest absolute Gasteiger partial charge is 0.407 e. The standard InChI is InChI=1S/C6H4.C3H5NO2/c1-2-6-4-3-5(1)6;5-3-4-1-2-6-3/h1-4H;1-2H2,(H,4,5). The van der Waals surface area contributed by atoms with Crippen LogP contribution in [0.3, 0.4) is 0 Å². The van der Waals surface area contributed by atoms with Crippen molar-refractivity contribution in [2.24, 2.45) is 0 Å². The number of hydrogen-bond donors (Lipinski definition) is 1. The Morgan fingerprint density at radius 3 is 1.83 bits per heavy atom. The molecular weight excluding hydrogens is 154 g/mol. The molecule has 0 radical (unpaired) electrons. The monoisotopic (exact) mass is 163 g/mol. The number of nitrogens with one attached hydrogen (secondary N) is 1. The van der Waals surface area contributed by atoms with Gasteiger partial charge in [0.15, 0.2) is 0 Å². The van der Waals surface area contributed by atoms with E-state index < -0.39 is 0 Å². The molecule has 2 aliphatic carbocycles. The summed E-state index contributed by atoms with van der Waals surface area (Å²) >= 11 is 0. The fourth-order valence-corrected chi connectivity index (χ4v) is 1.01. The van der Waals surface area contributed by atoms with Gasteiger partial charge in [-0.05, 0) is 11.1 Å². The fourth-order valence-electron chi connectivity index (χ4n) is 1.01. The van der Waals surface area contributed by atoms with Gasteiger partial charge < -0.3 is 10.1 Å². The minimum Gasteiger partial charge on any atom is -0.448 e. The zero-order chi connectivity index (χ0) is 8.39. The maximum Gasteiger partial charge on any atom is 0.407 e. The zero-order valence-electron chi connectivity index (χ0n) is 6.54. The quantitative estimate of drug-likeness (QED) is 0.637. The summed E-state index contributed by atoms with van der Waals surface area (Å²) in [6.45, 7) is 1.19. The molecule has 3 rings (SSSR count). The van der Waals surface area contributed by atoms with Crippen molar-refractivity contribution in [2.75, 3.05) is 13.2 Å². The number of rotatable bonds is 0. The fraction of sp³-hybridized carbons (Fsp3) is 0.222. The second-order valence-electron chi connectivity index (χ2n) is 2.64. The maximum atomic E-state index is 9.91. The molecule has 3 nitrogen and oxygen atoms in total. The van der Waals surface area contributed by atoms with Gasteiger partial charge in [-0.1, -0.05) is 24.3 Å². The average Bonchev–Trinajstić information content (AvgIpc) is 2.49. The molecule has 1 saturated heterocycles. The number of alkyl carbamates (subject to hydrolysis) is 1. The third-order valence-corrected chi connectivity index (χ3v) is 1.82. The van der Waals surface area contributed by atoms with Crippen LogP contribution < -0.4 is 5.32 Å². The van der Waals surface area contributed by atoms with Crippen LogP contribution in [0.2, 0.25) is 0 Å². The molecule has 0 aromatic heterocycles. The van der Waals surface area contributed by atoms with E-state index in [-0.39, 0.29) is 6.09 Å². The lowest BCUT2D eigenvalue weighted by molar-refractivity contribution is 0.178. The van der Waals surface area contributed by atoms with Gasteiger partial charge in [-0.15, -0.1) is 0 Å². The molecule has 1 fully saturated rings. The van der Waals surface area contributed by atoms with Crippen LogP contribution in [0.25, 0.3) is 11.1 Å². The van der Waals surface area contributed by atoms with E-state index in [1.54, 1.807) is 0 Å². The lowest BCUT2D eigenvalue weighted by atomic mass is 9.95. The van der Waals surface area contributed by atoms with E-state index in [1.165, 1.54) is 11.1 Å². The first-order chi connectivity index (χ1) is 5.86. The minimum absolute atomic E-state index is 0.296. The molecule has 0 spiro atoms. The molecule has 0 aromatic rings. The Hall–Kier alpha value is -1.51. The van der Waals surface area contributed by atoms with Gasteiger partial charge in [0.25, 0.3) is 0 Å². The summed E-state index contributed by atoms with van der Waals surface area (Å²) in [5.41, 5.74) is 2.85. The SMILES string of the molecule is O=C1NCCO1.c1cc2ccc1-2. The lowest BCUT2D eigenvalue weighted by Gasteiger charge is -2.10. The number of benzene rings is 1. The zero-order valence-corrected chi connectivity index (χ0v) is 6.54. The normalized spacial score (nSPS) is 15.5. The molecule has 0 unspecified atom stereocenters. The van der Waals surface area contributed by atoms with Crippen LogP contribution in [-0.2, 0) is 4.74 Å². The van der Waals surface area contributed by atoms with Crippen molar-refractivity contribution in [1.82, 2.24) is 5.32 Å². The van der Waals surface area contributed by atoms with Crippen LogP contribution in [-0.4, -0.2) is 19.2 Å². The highest BCUT2D eigenvalue weighted by molar-refractivity contribution is 5.75. The van der Waals surface area contributed by atoms with E-state index in [4.69, 9.17) is 0 Å². The molecule has 1 aliphatic heterocycles. The van der Waals surface area contributed by atoms with Gasteiger partial charge in [-0.2, -0.15) is 0 Å². The number of hydrogen-bond acceptors (Lipinski definition) is 2. The Bertz CT molecular complexity index is 263. The average molecular weight is 163 g/mol. The molecule has 0 bridgehead atoms. The largest absolute Gasteiger partial charge is 0.448 e. The molecule has 1 heterocycles. The number of cyclic esters (lactones) is 1. The second-order valence-corrected chi connectivity index (χ2v) is 2.64. The van der Waals surface area contributed by atoms with Crippen molar-refractivity contribution < 1.29 is 9.53 Å². The molecule has 0 aromatic carbocycles. The maximum absolute atomic E-state index is 9.91. The predicted molar refractivity (Wildman–Crippen MR) is 44.8 cm³/mol. The molecule has 12 heavy (non-hydrogen) atoms. The molecule has 0 atom stereocenters. The molecule has 1 N–H and O–H groups in total. The number of amides is 1. The number of carbonyl (C=O) groups is 1. The third kappa shape index (κ3) is 1.25. The second kappa shape index (κ2) is 2.85. The highest BCUT2D eigenvalue weighted by atomic mass is 16.6. The molecule has 0 saturated carbocycles. The van der Waals surface area contributed by atoms with Crippen molar-refractivity contribution in [3.05, 3.63) is 24.3 Å². The van der Waals surface area contributed by atoms with Crippen molar-refractivity contribution in [3.8, 4) is 11.1 Å². The first-order valence-electron chi connectivity index (χ1n) is 3.87. The number of carbonyl (C=O) groups excluding carboxylic acids is 1. The summed E-state index contributed by atoms with van der Waals surface area (Å²) in [6, 6.07) is 8.48. The Labute approximate surface area is 70.3 Å². The summed E-state index contributed by atoms with van der Waals surface area (Å²) in [6.07, 6.45) is -0.296. The summed E-state index contributed by atoms with van der Waals surface area (Å²) in [7, 11) is 0. The summed E-state index contributed by atoms with van der Waals surface area (Å²) in [4.78, 5) is 9.91. The number of ether oxygens (including phenoxy) is 1. The predicted octanol–water partition coefficient (Wildman–Crippen LogP) is 1.39. The van der Waals surface area contributed by atoms with E-state index in [9.17, 15) is 4.79 Å². The topological polar surface area (TPSA) is 38.3 Å². The Kier molecular flexibility index (Phi) is 1.70. The van der Waals surface area contributed by atoms with Crippen LogP contribution in [0.4, 0.5) is 4.79 Å². The number of fused-ring (bicyclic) bond motifs is 1. The lowest BCUT2D eigenvalue weighted by Crippen LogP contribution is -2.11. The van der Waals surface area contributed by atoms with Crippen LogP contribution in [0.5, 0.6) is 0 Å². The van der Waals surface area contributed by atoms with E-state index in [1.807, 2.05) is 0 Å². The van der Waals surface area contributed by atoms with E-state index in [0.29, 0.717) is 13.2 Å². The van der Waals surface area contributed by atoms with Crippen molar-refractivity contribution in [3.63, 3.8) is 0 Å². The van der Waals surface area contributed by atoms with Gasteiger partial charge in [0.2, 0.25) is 0 Å². The van der Waals surface area contributed by atoms with Crippen LogP contribution in [0, 0.1) is 0 Å². The summed E-state index contributed by atoms with van der Waals surface area (Å²) < 4.78 is 4.40. The van der Waals surface area contributed by atoms with E-state index in [0.717, 1.165) is 0 Å². The van der Waals surface area contributed by atoms with Crippen molar-refractivity contribution in [2.45, 2.75) is 0 Å². The van der Waals surface area contributed by atoms with Crippen LogP contribution >= 0.6 is 0 Å². The minimum atomic E-state index is -0.296. The van der Waals surface area contributed by atoms with Gasteiger partial charge in [-0.25, -0.2) is 4.79 Å². The van der Waals surface area contributed by atoms with Crippen molar-refractivity contribution >= 4 is 6.09 Å². The Balaban J connectivity index is 0.0000000939. The van der Waals surface area contributed by atoms with Gasteiger partial charge in [0.05, 0.1) is 6.54 Å². The highest BCUT2D eigenvalue weighted by Gasteiger charge is 2.06. The van der Waals surface area contributed by atoms with Gasteiger partial charge in [0, 0.05) is 0 Å². The molecule has 62 valence electrons. The van der Waals surface area contributed by atoms with Crippen LogP contribution in [0.15, 0.2) is 24.3 Å². The van der Waals surface area contributed by atoms with E-state index >= 15 is 0 Å². The van der Waals surface area contributed by atoms with Gasteiger partial charge in [0.1, 0.15) is 6.61 Å². The third-order valence-electron chi connectivity index (χ3n) is 1.82. The van der Waals surface area contributed by atoms with E-state index in [2.05, 4.69) is 34.3 Å². The molecule has 1 amide bonds. The first-order valence-corrected chi connectivity index (χ1v) is 3.87. The summed E-state index contributed by atoms with van der Waals surface area (Å²) in [5.74, 6) is 0.